The Morgan fingerprint density at radius 2 is 1.81 bits per heavy atom. The molecule has 5 rings (SSSR count). The molecule has 2 aliphatic rings. The van der Waals surface area contributed by atoms with Gasteiger partial charge < -0.3 is 23.8 Å². The van der Waals surface area contributed by atoms with Gasteiger partial charge in [-0.2, -0.15) is 0 Å². The van der Waals surface area contributed by atoms with Crippen LogP contribution in [0.5, 0.6) is 11.5 Å². The molecule has 1 unspecified atom stereocenters. The molecule has 0 spiro atoms. The van der Waals surface area contributed by atoms with Crippen molar-refractivity contribution in [3.05, 3.63) is 60.3 Å². The largest absolute Gasteiger partial charge is 0.485 e. The van der Waals surface area contributed by atoms with Gasteiger partial charge in [0.05, 0.1) is 6.54 Å². The first-order valence-electron chi connectivity index (χ1n) is 11.1. The van der Waals surface area contributed by atoms with Gasteiger partial charge in [0.1, 0.15) is 6.61 Å². The van der Waals surface area contributed by atoms with Crippen molar-refractivity contribution in [1.29, 1.82) is 0 Å². The van der Waals surface area contributed by atoms with Crippen molar-refractivity contribution in [3.8, 4) is 11.5 Å². The molecule has 6 nitrogen and oxygen atoms in total. The van der Waals surface area contributed by atoms with Crippen LogP contribution >= 0.6 is 0 Å². The highest BCUT2D eigenvalue weighted by atomic mass is 16.6. The molecule has 3 aromatic rings. The minimum Gasteiger partial charge on any atom is -0.485 e. The van der Waals surface area contributed by atoms with E-state index in [9.17, 15) is 4.79 Å². The number of carbonyl (C=O) groups excluding carboxylic acids is 1. The smallest absolute Gasteiger partial charge is 0.267 e. The van der Waals surface area contributed by atoms with Crippen LogP contribution in [0.25, 0.3) is 10.9 Å². The van der Waals surface area contributed by atoms with Gasteiger partial charge in [-0.3, -0.25) is 4.79 Å². The number of amides is 1. The summed E-state index contributed by atoms with van der Waals surface area (Å²) in [5.41, 5.74) is 2.30. The Morgan fingerprint density at radius 3 is 2.61 bits per heavy atom. The van der Waals surface area contributed by atoms with Crippen LogP contribution in [0, 0.1) is 0 Å². The second kappa shape index (κ2) is 8.63. The number of likely N-dealkylation sites (tertiary alicyclic amines) is 1. The third-order valence-corrected chi connectivity index (χ3v) is 6.38. The molecular formula is C25H29N3O3. The van der Waals surface area contributed by atoms with Crippen molar-refractivity contribution >= 4 is 16.8 Å². The molecule has 1 saturated heterocycles. The van der Waals surface area contributed by atoms with E-state index in [0.29, 0.717) is 24.6 Å². The fourth-order valence-electron chi connectivity index (χ4n) is 4.57. The Bertz CT molecular complexity index is 1070. The molecular weight excluding hydrogens is 390 g/mol. The lowest BCUT2D eigenvalue weighted by Gasteiger charge is -2.32. The van der Waals surface area contributed by atoms with Gasteiger partial charge in [0.2, 0.25) is 6.10 Å². The normalized spacial score (nSPS) is 18.4. The van der Waals surface area contributed by atoms with Crippen molar-refractivity contribution in [1.82, 2.24) is 14.4 Å². The predicted octanol–water partition coefficient (Wildman–Crippen LogP) is 3.44. The first kappa shape index (κ1) is 19.9. The van der Waals surface area contributed by atoms with E-state index in [-0.39, 0.29) is 12.5 Å². The average molecular weight is 420 g/mol. The van der Waals surface area contributed by atoms with Gasteiger partial charge >= 0.3 is 0 Å². The molecule has 0 radical (unpaired) electrons. The summed E-state index contributed by atoms with van der Waals surface area (Å²) >= 11 is 0. The third kappa shape index (κ3) is 4.12. The molecule has 1 fully saturated rings. The number of rotatable bonds is 6. The molecule has 2 aliphatic heterocycles. The number of aryl methyl sites for hydroxylation is 1. The summed E-state index contributed by atoms with van der Waals surface area (Å²) in [5, 5.41) is 1.19. The SMILES string of the molecule is Cn1c(CN(CCN2CCCC2)C(=O)C2COc3ccccc3O2)cc2ccccc21. The Kier molecular flexibility index (Phi) is 5.55. The average Bonchev–Trinajstić information content (AvgIpc) is 3.44. The summed E-state index contributed by atoms with van der Waals surface area (Å²) < 4.78 is 14.0. The predicted molar refractivity (Wildman–Crippen MR) is 120 cm³/mol. The molecule has 31 heavy (non-hydrogen) atoms. The van der Waals surface area contributed by atoms with Crippen molar-refractivity contribution in [2.24, 2.45) is 7.05 Å². The Hall–Kier alpha value is -2.99. The molecule has 6 heteroatoms. The fourth-order valence-corrected chi connectivity index (χ4v) is 4.57. The lowest BCUT2D eigenvalue weighted by Crippen LogP contribution is -2.48. The van der Waals surface area contributed by atoms with Gasteiger partial charge in [0.15, 0.2) is 11.5 Å². The Balaban J connectivity index is 1.36. The Labute approximate surface area is 183 Å². The van der Waals surface area contributed by atoms with Crippen LogP contribution in [0.3, 0.4) is 0 Å². The van der Waals surface area contributed by atoms with Crippen LogP contribution in [-0.2, 0) is 18.4 Å². The van der Waals surface area contributed by atoms with Gasteiger partial charge in [-0.15, -0.1) is 0 Å². The molecule has 2 aromatic carbocycles. The van der Waals surface area contributed by atoms with Gasteiger partial charge in [-0.25, -0.2) is 0 Å². The van der Waals surface area contributed by atoms with Gasteiger partial charge in [-0.1, -0.05) is 30.3 Å². The molecule has 1 atom stereocenters. The molecule has 3 heterocycles. The van der Waals surface area contributed by atoms with E-state index < -0.39 is 6.10 Å². The van der Waals surface area contributed by atoms with Crippen molar-refractivity contribution in [2.45, 2.75) is 25.5 Å². The van der Waals surface area contributed by atoms with Crippen molar-refractivity contribution in [2.75, 3.05) is 32.8 Å². The summed E-state index contributed by atoms with van der Waals surface area (Å²) in [5.74, 6) is 1.32. The van der Waals surface area contributed by atoms with E-state index >= 15 is 0 Å². The molecule has 0 bridgehead atoms. The zero-order valence-corrected chi connectivity index (χ0v) is 18.0. The lowest BCUT2D eigenvalue weighted by molar-refractivity contribution is -0.142. The van der Waals surface area contributed by atoms with Crippen LogP contribution in [0.1, 0.15) is 18.5 Å². The highest BCUT2D eigenvalue weighted by Gasteiger charge is 2.32. The van der Waals surface area contributed by atoms with Crippen LogP contribution in [-0.4, -0.2) is 59.2 Å². The number of hydrogen-bond donors (Lipinski definition) is 0. The molecule has 0 aliphatic carbocycles. The van der Waals surface area contributed by atoms with Crippen molar-refractivity contribution in [3.63, 3.8) is 0 Å². The van der Waals surface area contributed by atoms with Crippen LogP contribution in [0.4, 0.5) is 0 Å². The van der Waals surface area contributed by atoms with E-state index in [1.54, 1.807) is 0 Å². The quantitative estimate of drug-likeness (QED) is 0.614. The van der Waals surface area contributed by atoms with Gasteiger partial charge in [0, 0.05) is 31.3 Å². The maximum Gasteiger partial charge on any atom is 0.267 e. The lowest BCUT2D eigenvalue weighted by atomic mass is 10.2. The third-order valence-electron chi connectivity index (χ3n) is 6.38. The highest BCUT2D eigenvalue weighted by Crippen LogP contribution is 2.31. The minimum absolute atomic E-state index is 0.0149. The second-order valence-electron chi connectivity index (χ2n) is 8.43. The molecule has 1 amide bonds. The summed E-state index contributed by atoms with van der Waals surface area (Å²) in [6.45, 7) is 4.60. The van der Waals surface area contributed by atoms with E-state index in [1.165, 1.54) is 23.7 Å². The number of ether oxygens (including phenoxy) is 2. The topological polar surface area (TPSA) is 46.9 Å². The number of aromatic nitrogens is 1. The highest BCUT2D eigenvalue weighted by molar-refractivity contribution is 5.83. The van der Waals surface area contributed by atoms with Gasteiger partial charge in [0.25, 0.3) is 5.91 Å². The van der Waals surface area contributed by atoms with E-state index in [2.05, 4.69) is 34.7 Å². The summed E-state index contributed by atoms with van der Waals surface area (Å²) in [4.78, 5) is 17.9. The first-order chi connectivity index (χ1) is 15.2. The first-order valence-corrected chi connectivity index (χ1v) is 11.1. The summed E-state index contributed by atoms with van der Waals surface area (Å²) in [7, 11) is 2.07. The van der Waals surface area contributed by atoms with Gasteiger partial charge in [-0.05, 0) is 55.6 Å². The van der Waals surface area contributed by atoms with E-state index in [4.69, 9.17) is 9.47 Å². The zero-order chi connectivity index (χ0) is 21.2. The van der Waals surface area contributed by atoms with Crippen LogP contribution < -0.4 is 9.47 Å². The van der Waals surface area contributed by atoms with E-state index in [1.807, 2.05) is 41.3 Å². The maximum atomic E-state index is 13.5. The number of carbonyl (C=O) groups is 1. The monoisotopic (exact) mass is 419 g/mol. The van der Waals surface area contributed by atoms with E-state index in [0.717, 1.165) is 25.3 Å². The molecule has 0 N–H and O–H groups in total. The number of benzene rings is 2. The summed E-state index contributed by atoms with van der Waals surface area (Å²) in [6, 6.07) is 18.0. The second-order valence-corrected chi connectivity index (χ2v) is 8.43. The molecule has 162 valence electrons. The van der Waals surface area contributed by atoms with Crippen LogP contribution in [0.2, 0.25) is 0 Å². The number of hydrogen-bond acceptors (Lipinski definition) is 4. The van der Waals surface area contributed by atoms with Crippen molar-refractivity contribution < 1.29 is 14.3 Å². The Morgan fingerprint density at radius 1 is 1.06 bits per heavy atom. The minimum atomic E-state index is -0.622. The zero-order valence-electron chi connectivity index (χ0n) is 18.0. The van der Waals surface area contributed by atoms with Crippen LogP contribution in [0.15, 0.2) is 54.6 Å². The number of para-hydroxylation sites is 3. The molecule has 0 saturated carbocycles. The maximum absolute atomic E-state index is 13.5. The molecule has 1 aromatic heterocycles. The summed E-state index contributed by atoms with van der Waals surface area (Å²) in [6.07, 6.45) is 1.87. The number of fused-ring (bicyclic) bond motifs is 2. The fraction of sp³-hybridized carbons (Fsp3) is 0.400. The standard InChI is InChI=1S/C25H29N3O3/c1-26-20(16-19-8-2-3-9-21(19)26)17-28(15-14-27-12-6-7-13-27)25(29)24-18-30-22-10-4-5-11-23(22)31-24/h2-5,8-11,16,24H,6-7,12-15,17-18H2,1H3. The number of nitrogens with zero attached hydrogens (tertiary/aromatic N) is 3.